The van der Waals surface area contributed by atoms with E-state index >= 15 is 0 Å². The summed E-state index contributed by atoms with van der Waals surface area (Å²) in [6.45, 7) is 5.62. The van der Waals surface area contributed by atoms with Crippen molar-refractivity contribution in [1.82, 2.24) is 15.1 Å². The molecule has 1 unspecified atom stereocenters. The van der Waals surface area contributed by atoms with Gasteiger partial charge in [-0.15, -0.1) is 0 Å². The predicted molar refractivity (Wildman–Crippen MR) is 84.8 cm³/mol. The number of likely N-dealkylation sites (tertiary alicyclic amines) is 1. The number of aromatic amines is 1. The van der Waals surface area contributed by atoms with Crippen LogP contribution < -0.4 is 4.74 Å². The first kappa shape index (κ1) is 15.1. The first-order chi connectivity index (χ1) is 10.8. The normalized spacial score (nSPS) is 18.7. The molecule has 2 aromatic rings. The Labute approximate surface area is 130 Å². The van der Waals surface area contributed by atoms with Crippen LogP contribution in [0, 0.1) is 0 Å². The molecule has 0 radical (unpaired) electrons. The van der Waals surface area contributed by atoms with Gasteiger partial charge in [-0.2, -0.15) is 5.10 Å². The molecule has 1 aliphatic heterocycles. The van der Waals surface area contributed by atoms with Crippen molar-refractivity contribution in [2.75, 3.05) is 19.7 Å². The minimum Gasteiger partial charge on any atom is -0.494 e. The molecule has 0 spiro atoms. The molecule has 0 aliphatic carbocycles. The van der Waals surface area contributed by atoms with E-state index < -0.39 is 0 Å². The highest BCUT2D eigenvalue weighted by molar-refractivity contribution is 5.37. The van der Waals surface area contributed by atoms with Crippen molar-refractivity contribution < 1.29 is 9.84 Å². The van der Waals surface area contributed by atoms with Gasteiger partial charge in [0.15, 0.2) is 0 Å². The van der Waals surface area contributed by atoms with Gasteiger partial charge < -0.3 is 9.84 Å². The zero-order valence-electron chi connectivity index (χ0n) is 13.0. The second-order valence-corrected chi connectivity index (χ2v) is 5.77. The van der Waals surface area contributed by atoms with Gasteiger partial charge in [0, 0.05) is 36.5 Å². The van der Waals surface area contributed by atoms with Crippen LogP contribution in [0.1, 0.15) is 36.1 Å². The monoisotopic (exact) mass is 301 g/mol. The first-order valence-corrected chi connectivity index (χ1v) is 7.87. The van der Waals surface area contributed by atoms with E-state index in [1.54, 1.807) is 0 Å². The molecule has 1 saturated heterocycles. The maximum Gasteiger partial charge on any atom is 0.124 e. The van der Waals surface area contributed by atoms with E-state index in [1.165, 1.54) is 11.3 Å². The van der Waals surface area contributed by atoms with Crippen molar-refractivity contribution >= 4 is 0 Å². The summed E-state index contributed by atoms with van der Waals surface area (Å²) in [5.74, 6) is 1.33. The van der Waals surface area contributed by atoms with E-state index in [1.807, 2.05) is 19.2 Å². The van der Waals surface area contributed by atoms with Crippen LogP contribution in [0.2, 0.25) is 0 Å². The zero-order chi connectivity index (χ0) is 15.4. The molecule has 2 heterocycles. The van der Waals surface area contributed by atoms with E-state index in [0.717, 1.165) is 37.4 Å². The van der Waals surface area contributed by atoms with E-state index in [2.05, 4.69) is 33.3 Å². The van der Waals surface area contributed by atoms with Gasteiger partial charge in [0.25, 0.3) is 0 Å². The Morgan fingerprint density at radius 3 is 3.05 bits per heavy atom. The third-order valence-corrected chi connectivity index (χ3v) is 4.24. The summed E-state index contributed by atoms with van der Waals surface area (Å²) in [6.07, 6.45) is 2.98. The molecule has 0 amide bonds. The minimum absolute atomic E-state index is 0.0138. The number of hydrogen-bond acceptors (Lipinski definition) is 4. The highest BCUT2D eigenvalue weighted by atomic mass is 16.5. The summed E-state index contributed by atoms with van der Waals surface area (Å²) in [6, 6.07) is 8.17. The summed E-state index contributed by atoms with van der Waals surface area (Å²) >= 11 is 0. The highest BCUT2D eigenvalue weighted by Gasteiger charge is 2.24. The van der Waals surface area contributed by atoms with Crippen LogP contribution >= 0.6 is 0 Å². The van der Waals surface area contributed by atoms with Crippen LogP contribution in [-0.4, -0.2) is 39.9 Å². The number of nitrogens with zero attached hydrogens (tertiary/aromatic N) is 2. The molecule has 1 aliphatic rings. The van der Waals surface area contributed by atoms with Crippen LogP contribution in [0.4, 0.5) is 0 Å². The quantitative estimate of drug-likeness (QED) is 0.859. The molecular formula is C17H23N3O2. The van der Waals surface area contributed by atoms with E-state index in [-0.39, 0.29) is 6.61 Å². The molecule has 1 aromatic carbocycles. The number of hydrogen-bond donors (Lipinski definition) is 2. The lowest BCUT2D eigenvalue weighted by Crippen LogP contribution is -2.20. The molecule has 0 saturated carbocycles. The fourth-order valence-corrected chi connectivity index (χ4v) is 3.13. The second kappa shape index (κ2) is 6.94. The summed E-state index contributed by atoms with van der Waals surface area (Å²) in [5.41, 5.74) is 3.31. The number of benzene rings is 1. The lowest BCUT2D eigenvalue weighted by Gasteiger charge is -2.17. The first-order valence-electron chi connectivity index (χ1n) is 7.87. The van der Waals surface area contributed by atoms with Crippen molar-refractivity contribution in [1.29, 1.82) is 0 Å². The molecule has 2 N–H and O–H groups in total. The number of H-pyrrole nitrogens is 1. The number of aliphatic hydroxyl groups is 1. The van der Waals surface area contributed by atoms with Crippen molar-refractivity contribution in [2.45, 2.75) is 32.4 Å². The average Bonchev–Trinajstić information content (AvgIpc) is 3.20. The minimum atomic E-state index is 0.0138. The molecule has 1 atom stereocenters. The fraction of sp³-hybridized carbons (Fsp3) is 0.471. The Balaban J connectivity index is 1.64. The lowest BCUT2D eigenvalue weighted by molar-refractivity contribution is 0.266. The third-order valence-electron chi connectivity index (χ3n) is 4.24. The molecule has 5 heteroatoms. The van der Waals surface area contributed by atoms with Crippen LogP contribution in [0.25, 0.3) is 0 Å². The average molecular weight is 301 g/mol. The Hall–Kier alpha value is -1.85. The van der Waals surface area contributed by atoms with Crippen molar-refractivity contribution in [3.8, 4) is 5.75 Å². The van der Waals surface area contributed by atoms with Gasteiger partial charge >= 0.3 is 0 Å². The van der Waals surface area contributed by atoms with E-state index in [9.17, 15) is 5.11 Å². The van der Waals surface area contributed by atoms with Crippen molar-refractivity contribution in [2.24, 2.45) is 0 Å². The van der Waals surface area contributed by atoms with Crippen LogP contribution in [0.15, 0.2) is 30.5 Å². The molecule has 3 rings (SSSR count). The van der Waals surface area contributed by atoms with Gasteiger partial charge in [-0.3, -0.25) is 10.00 Å². The number of ether oxygens (including phenoxy) is 1. The summed E-state index contributed by atoms with van der Waals surface area (Å²) in [7, 11) is 0. The molecule has 22 heavy (non-hydrogen) atoms. The SMILES string of the molecule is CCOc1ccc(CN2CCC(c3ccn[nH]3)C2)cc1CO. The Bertz CT molecular complexity index is 598. The smallest absolute Gasteiger partial charge is 0.124 e. The van der Waals surface area contributed by atoms with Crippen LogP contribution in [-0.2, 0) is 13.2 Å². The molecular weight excluding hydrogens is 278 g/mol. The molecule has 1 fully saturated rings. The maximum atomic E-state index is 9.49. The van der Waals surface area contributed by atoms with Crippen LogP contribution in [0.5, 0.6) is 5.75 Å². The third kappa shape index (κ3) is 3.31. The Kier molecular flexibility index (Phi) is 4.75. The zero-order valence-corrected chi connectivity index (χ0v) is 13.0. The Morgan fingerprint density at radius 2 is 2.32 bits per heavy atom. The molecule has 118 valence electrons. The van der Waals surface area contributed by atoms with Gasteiger partial charge in [-0.25, -0.2) is 0 Å². The second-order valence-electron chi connectivity index (χ2n) is 5.77. The highest BCUT2D eigenvalue weighted by Crippen LogP contribution is 2.27. The molecule has 1 aromatic heterocycles. The fourth-order valence-electron chi connectivity index (χ4n) is 3.13. The molecule has 0 bridgehead atoms. The summed E-state index contributed by atoms with van der Waals surface area (Å²) in [4.78, 5) is 2.45. The summed E-state index contributed by atoms with van der Waals surface area (Å²) in [5, 5.41) is 16.6. The predicted octanol–water partition coefficient (Wildman–Crippen LogP) is 2.29. The largest absolute Gasteiger partial charge is 0.494 e. The van der Waals surface area contributed by atoms with Gasteiger partial charge in [-0.1, -0.05) is 6.07 Å². The van der Waals surface area contributed by atoms with E-state index in [0.29, 0.717) is 12.5 Å². The number of aliphatic hydroxyl groups excluding tert-OH is 1. The number of nitrogens with one attached hydrogen (secondary N) is 1. The Morgan fingerprint density at radius 1 is 1.41 bits per heavy atom. The molecule has 5 nitrogen and oxygen atoms in total. The van der Waals surface area contributed by atoms with Gasteiger partial charge in [0.2, 0.25) is 0 Å². The van der Waals surface area contributed by atoms with Gasteiger partial charge in [0.1, 0.15) is 5.75 Å². The van der Waals surface area contributed by atoms with Crippen LogP contribution in [0.3, 0.4) is 0 Å². The van der Waals surface area contributed by atoms with Crippen molar-refractivity contribution in [3.63, 3.8) is 0 Å². The standard InChI is InChI=1S/C17H23N3O2/c1-2-22-17-4-3-13(9-15(17)12-21)10-20-8-6-14(11-20)16-5-7-18-19-16/h3-5,7,9,14,21H,2,6,8,10-12H2,1H3,(H,18,19). The lowest BCUT2D eigenvalue weighted by atomic mass is 10.1. The van der Waals surface area contributed by atoms with E-state index in [4.69, 9.17) is 4.74 Å². The van der Waals surface area contributed by atoms with Crippen molar-refractivity contribution in [3.05, 3.63) is 47.3 Å². The number of aromatic nitrogens is 2. The number of rotatable bonds is 6. The summed E-state index contributed by atoms with van der Waals surface area (Å²) < 4.78 is 5.53. The van der Waals surface area contributed by atoms with Gasteiger partial charge in [-0.05, 0) is 43.7 Å². The maximum absolute atomic E-state index is 9.49. The topological polar surface area (TPSA) is 61.4 Å². The van der Waals surface area contributed by atoms with Gasteiger partial charge in [0.05, 0.1) is 13.2 Å².